The van der Waals surface area contributed by atoms with Crippen LogP contribution in [0.3, 0.4) is 0 Å². The quantitative estimate of drug-likeness (QED) is 0.251. The summed E-state index contributed by atoms with van der Waals surface area (Å²) >= 11 is 0. The molecule has 0 N–H and O–H groups in total. The van der Waals surface area contributed by atoms with Gasteiger partial charge in [0, 0.05) is 6.07 Å². The van der Waals surface area contributed by atoms with Crippen LogP contribution in [-0.2, 0) is 0 Å². The summed E-state index contributed by atoms with van der Waals surface area (Å²) in [5.74, 6) is 0. The van der Waals surface area contributed by atoms with Gasteiger partial charge in [0.15, 0.2) is 0 Å². The first-order valence-corrected chi connectivity index (χ1v) is 7.50. The summed E-state index contributed by atoms with van der Waals surface area (Å²) < 4.78 is 2.14. The van der Waals surface area contributed by atoms with E-state index in [0.717, 1.165) is 4.73 Å². The highest BCUT2D eigenvalue weighted by atomic mass is 16.7. The van der Waals surface area contributed by atoms with E-state index in [4.69, 9.17) is 4.84 Å². The first-order chi connectivity index (χ1) is 11.6. The lowest BCUT2D eigenvalue weighted by atomic mass is 10.1. The van der Waals surface area contributed by atoms with Crippen LogP contribution in [0.25, 0.3) is 32.8 Å². The van der Waals surface area contributed by atoms with Gasteiger partial charge in [0.05, 0.1) is 15.8 Å². The third-order valence-electron chi connectivity index (χ3n) is 4.05. The number of nitro groups is 1. The third-order valence-corrected chi connectivity index (χ3v) is 4.05. The van der Waals surface area contributed by atoms with Gasteiger partial charge in [-0.15, -0.1) is 0 Å². The number of pyridine rings is 1. The Morgan fingerprint density at radius 2 is 1.79 bits per heavy atom. The van der Waals surface area contributed by atoms with Gasteiger partial charge in [0.2, 0.25) is 11.0 Å². The number of hydrogen-bond acceptors (Lipinski definition) is 4. The molecule has 0 aliphatic carbocycles. The van der Waals surface area contributed by atoms with E-state index >= 15 is 0 Å². The summed E-state index contributed by atoms with van der Waals surface area (Å²) in [6.07, 6.45) is 0. The Hall–Kier alpha value is -3.35. The van der Waals surface area contributed by atoms with E-state index in [2.05, 4.69) is 0 Å². The fourth-order valence-corrected chi connectivity index (χ4v) is 3.16. The molecule has 0 atom stereocenters. The fourth-order valence-electron chi connectivity index (χ4n) is 3.16. The molecule has 0 fully saturated rings. The van der Waals surface area contributed by atoms with Crippen LogP contribution in [0.15, 0.2) is 48.5 Å². The normalized spacial score (nSPS) is 11.4. The molecular formula is C17H13N3O4. The number of para-hydroxylation sites is 2. The molecule has 7 heteroatoms. The molecule has 0 bridgehead atoms. The summed E-state index contributed by atoms with van der Waals surface area (Å²) in [4.78, 5) is 17.0. The lowest BCUT2D eigenvalue weighted by Gasteiger charge is -2.08. The highest BCUT2D eigenvalue weighted by molar-refractivity contribution is 6.11. The molecule has 0 saturated carbocycles. The molecule has 2 heterocycles. The topological polar surface area (TPSA) is 84.2 Å². The van der Waals surface area contributed by atoms with Crippen LogP contribution in [-0.4, -0.2) is 16.3 Å². The van der Waals surface area contributed by atoms with Crippen molar-refractivity contribution in [3.05, 3.63) is 63.9 Å². The van der Waals surface area contributed by atoms with E-state index in [-0.39, 0.29) is 27.6 Å². The van der Waals surface area contributed by atoms with E-state index in [1.807, 2.05) is 0 Å². The number of hydrogen-bond donors (Lipinski definition) is 0. The van der Waals surface area contributed by atoms with Crippen molar-refractivity contribution in [2.75, 3.05) is 6.61 Å². The Kier molecular flexibility index (Phi) is 3.02. The molecule has 0 saturated heterocycles. The molecule has 4 aromatic rings. The maximum absolute atomic E-state index is 12.9. The SMILES string of the molecule is CCOn1c2ccccc2c2c1c([N+](=O)[O-])c1ccccc1[n+]2[O-]. The zero-order valence-corrected chi connectivity index (χ0v) is 12.8. The Morgan fingerprint density at radius 1 is 1.12 bits per heavy atom. The molecule has 0 amide bonds. The second-order valence-electron chi connectivity index (χ2n) is 5.34. The first kappa shape index (κ1) is 14.3. The Labute approximate surface area is 136 Å². The Morgan fingerprint density at radius 3 is 2.50 bits per heavy atom. The molecule has 7 nitrogen and oxygen atoms in total. The minimum Gasteiger partial charge on any atom is -0.618 e. The van der Waals surface area contributed by atoms with E-state index in [1.54, 1.807) is 55.5 Å². The van der Waals surface area contributed by atoms with E-state index < -0.39 is 4.92 Å². The molecular weight excluding hydrogens is 310 g/mol. The summed E-state index contributed by atoms with van der Waals surface area (Å²) in [6, 6.07) is 13.7. The molecule has 0 radical (unpaired) electrons. The van der Waals surface area contributed by atoms with Crippen molar-refractivity contribution in [2.45, 2.75) is 6.92 Å². The molecule has 0 aliphatic heterocycles. The van der Waals surface area contributed by atoms with E-state index in [1.165, 1.54) is 4.73 Å². The van der Waals surface area contributed by atoms with Crippen LogP contribution in [0, 0.1) is 15.3 Å². The average Bonchev–Trinajstić information content (AvgIpc) is 2.90. The van der Waals surface area contributed by atoms with Gasteiger partial charge in [0.1, 0.15) is 12.0 Å². The van der Waals surface area contributed by atoms with Crippen molar-refractivity contribution in [3.8, 4) is 0 Å². The molecule has 4 rings (SSSR count). The maximum Gasteiger partial charge on any atom is 0.317 e. The zero-order chi connectivity index (χ0) is 16.8. The van der Waals surface area contributed by atoms with Gasteiger partial charge < -0.3 is 10.0 Å². The maximum atomic E-state index is 12.9. The summed E-state index contributed by atoms with van der Waals surface area (Å²) in [5, 5.41) is 25.6. The standard InChI is InChI=1S/C17H13N3O4/c1-2-24-19-14-10-6-4-8-12(14)15-17(19)16(20(22)23)11-7-3-5-9-13(11)18(15)21/h3-10H,2H2,1H3. The lowest BCUT2D eigenvalue weighted by Crippen LogP contribution is -2.28. The number of fused-ring (bicyclic) bond motifs is 4. The smallest absolute Gasteiger partial charge is 0.317 e. The van der Waals surface area contributed by atoms with Crippen molar-refractivity contribution in [2.24, 2.45) is 0 Å². The van der Waals surface area contributed by atoms with Crippen LogP contribution in [0.2, 0.25) is 0 Å². The van der Waals surface area contributed by atoms with Gasteiger partial charge in [-0.1, -0.05) is 24.3 Å². The molecule has 24 heavy (non-hydrogen) atoms. The van der Waals surface area contributed by atoms with Gasteiger partial charge in [-0.25, -0.2) is 0 Å². The van der Waals surface area contributed by atoms with Crippen molar-refractivity contribution < 1.29 is 14.5 Å². The second-order valence-corrected chi connectivity index (χ2v) is 5.34. The predicted molar refractivity (Wildman–Crippen MR) is 89.7 cm³/mol. The van der Waals surface area contributed by atoms with Crippen molar-refractivity contribution in [3.63, 3.8) is 0 Å². The van der Waals surface area contributed by atoms with Crippen molar-refractivity contribution in [1.29, 1.82) is 0 Å². The minimum absolute atomic E-state index is 0.127. The van der Waals surface area contributed by atoms with Gasteiger partial charge in [0.25, 0.3) is 5.52 Å². The van der Waals surface area contributed by atoms with E-state index in [9.17, 15) is 15.3 Å². The van der Waals surface area contributed by atoms with Crippen LogP contribution in [0.1, 0.15) is 6.92 Å². The largest absolute Gasteiger partial charge is 0.618 e. The van der Waals surface area contributed by atoms with Crippen molar-refractivity contribution >= 4 is 38.5 Å². The highest BCUT2D eigenvalue weighted by Crippen LogP contribution is 2.36. The highest BCUT2D eigenvalue weighted by Gasteiger charge is 2.32. The summed E-state index contributed by atoms with van der Waals surface area (Å²) in [7, 11) is 0. The van der Waals surface area contributed by atoms with Crippen LogP contribution in [0.5, 0.6) is 0 Å². The van der Waals surface area contributed by atoms with Crippen LogP contribution in [0.4, 0.5) is 5.69 Å². The van der Waals surface area contributed by atoms with Gasteiger partial charge in [-0.2, -0.15) is 9.46 Å². The molecule has 2 aromatic heterocycles. The lowest BCUT2D eigenvalue weighted by molar-refractivity contribution is -0.547. The molecule has 0 spiro atoms. The number of benzene rings is 2. The van der Waals surface area contributed by atoms with E-state index in [0.29, 0.717) is 17.5 Å². The fraction of sp³-hybridized carbons (Fsp3) is 0.118. The number of rotatable bonds is 3. The third kappa shape index (κ3) is 1.75. The van der Waals surface area contributed by atoms with Gasteiger partial charge in [-0.3, -0.25) is 10.1 Å². The van der Waals surface area contributed by atoms with Gasteiger partial charge >= 0.3 is 5.69 Å². The van der Waals surface area contributed by atoms with Crippen LogP contribution >= 0.6 is 0 Å². The Bertz CT molecular complexity index is 1120. The number of nitrogens with zero attached hydrogens (tertiary/aromatic N) is 3. The molecule has 0 aliphatic rings. The summed E-state index contributed by atoms with van der Waals surface area (Å²) in [5.41, 5.74) is 1.17. The van der Waals surface area contributed by atoms with Gasteiger partial charge in [-0.05, 0) is 25.1 Å². The monoisotopic (exact) mass is 323 g/mol. The molecule has 2 aromatic carbocycles. The Balaban J connectivity index is 2.39. The predicted octanol–water partition coefficient (Wildman–Crippen LogP) is 2.94. The number of aromatic nitrogens is 2. The summed E-state index contributed by atoms with van der Waals surface area (Å²) in [6.45, 7) is 2.11. The average molecular weight is 323 g/mol. The molecule has 0 unspecified atom stereocenters. The minimum atomic E-state index is -0.459. The second kappa shape index (κ2) is 5.09. The van der Waals surface area contributed by atoms with Crippen LogP contribution < -0.4 is 9.57 Å². The molecule has 120 valence electrons. The van der Waals surface area contributed by atoms with Crippen molar-refractivity contribution in [1.82, 2.24) is 4.73 Å². The zero-order valence-electron chi connectivity index (χ0n) is 12.8. The first-order valence-electron chi connectivity index (χ1n) is 7.50.